The number of rotatable bonds is 4. The van der Waals surface area contributed by atoms with Crippen molar-refractivity contribution in [1.82, 2.24) is 5.32 Å². The molecule has 0 amide bonds. The minimum absolute atomic E-state index is 0.0476. The minimum atomic E-state index is -0.201. The highest BCUT2D eigenvalue weighted by Crippen LogP contribution is 2.34. The fraction of sp³-hybridized carbons (Fsp3) is 0.174. The van der Waals surface area contributed by atoms with Crippen LogP contribution in [0.5, 0.6) is 11.5 Å². The molecule has 1 heterocycles. The number of methoxy groups -OCH3 is 1. The predicted molar refractivity (Wildman–Crippen MR) is 115 cm³/mol. The molecular weight excluding hydrogens is 416 g/mol. The van der Waals surface area contributed by atoms with Gasteiger partial charge in [-0.15, -0.1) is 0 Å². The quantitative estimate of drug-likeness (QED) is 0.576. The van der Waals surface area contributed by atoms with Crippen molar-refractivity contribution in [2.45, 2.75) is 18.6 Å². The Balaban J connectivity index is 1.76. The maximum atomic E-state index is 10.4. The number of para-hydroxylation sites is 1. The number of phenolic OH excluding ortho intramolecular Hbond substituents is 1. The van der Waals surface area contributed by atoms with Crippen molar-refractivity contribution < 1.29 is 9.84 Å². The maximum Gasteiger partial charge on any atom is 0.126 e. The molecule has 0 aliphatic carbocycles. The topological polar surface area (TPSA) is 53.8 Å². The monoisotopic (exact) mass is 436 g/mol. The summed E-state index contributed by atoms with van der Waals surface area (Å²) in [5.74, 6) is 1.10. The van der Waals surface area contributed by atoms with Crippen LogP contribution in [0, 0.1) is 0 Å². The number of ether oxygens (including phenoxy) is 1. The Labute approximate surface area is 173 Å². The summed E-state index contributed by atoms with van der Waals surface area (Å²) in [6, 6.07) is 23.5. The summed E-state index contributed by atoms with van der Waals surface area (Å²) in [4.78, 5) is 4.99. The number of hydrogen-bond acceptors (Lipinski definition) is 4. The summed E-state index contributed by atoms with van der Waals surface area (Å²) in [5.41, 5.74) is 3.96. The van der Waals surface area contributed by atoms with Gasteiger partial charge in [0.25, 0.3) is 0 Å². The molecule has 0 aromatic heterocycles. The van der Waals surface area contributed by atoms with E-state index in [0.29, 0.717) is 12.2 Å². The van der Waals surface area contributed by atoms with Crippen LogP contribution in [-0.4, -0.2) is 17.9 Å². The number of benzene rings is 3. The van der Waals surface area contributed by atoms with E-state index in [4.69, 9.17) is 9.73 Å². The Morgan fingerprint density at radius 3 is 2.57 bits per heavy atom. The van der Waals surface area contributed by atoms with Crippen LogP contribution < -0.4 is 10.1 Å². The Morgan fingerprint density at radius 1 is 1.04 bits per heavy atom. The molecule has 5 heteroatoms. The molecule has 2 N–H and O–H groups in total. The lowest BCUT2D eigenvalue weighted by Gasteiger charge is -2.31. The first-order chi connectivity index (χ1) is 13.6. The number of nitrogens with zero attached hydrogens (tertiary/aromatic N) is 1. The summed E-state index contributed by atoms with van der Waals surface area (Å²) >= 11 is 3.49. The van der Waals surface area contributed by atoms with E-state index in [1.54, 1.807) is 13.2 Å². The number of phenols is 1. The zero-order chi connectivity index (χ0) is 19.5. The molecule has 1 aliphatic rings. The van der Waals surface area contributed by atoms with Crippen molar-refractivity contribution in [3.05, 3.63) is 94.0 Å². The molecule has 2 atom stereocenters. The zero-order valence-corrected chi connectivity index (χ0v) is 17.1. The van der Waals surface area contributed by atoms with Crippen molar-refractivity contribution >= 4 is 21.6 Å². The van der Waals surface area contributed by atoms with E-state index in [-0.39, 0.29) is 12.2 Å². The highest BCUT2D eigenvalue weighted by atomic mass is 79.9. The fourth-order valence-electron chi connectivity index (χ4n) is 3.48. The molecule has 0 unspecified atom stereocenters. The Hall–Kier alpha value is -2.63. The van der Waals surface area contributed by atoms with Crippen LogP contribution in [0.25, 0.3) is 0 Å². The molecule has 4 nitrogen and oxygen atoms in total. The number of hydrogen-bond donors (Lipinski definition) is 2. The molecule has 4 rings (SSSR count). The largest absolute Gasteiger partial charge is 0.508 e. The van der Waals surface area contributed by atoms with E-state index in [2.05, 4.69) is 33.4 Å². The normalized spacial score (nSPS) is 19.1. The number of aliphatic imine (C=N–C) groups is 1. The van der Waals surface area contributed by atoms with Gasteiger partial charge in [0.15, 0.2) is 0 Å². The first-order valence-electron chi connectivity index (χ1n) is 9.14. The zero-order valence-electron chi connectivity index (χ0n) is 15.5. The number of aromatic hydroxyl groups is 1. The van der Waals surface area contributed by atoms with Gasteiger partial charge < -0.3 is 9.84 Å². The Kier molecular flexibility index (Phi) is 5.46. The lowest BCUT2D eigenvalue weighted by molar-refractivity contribution is 0.411. The highest BCUT2D eigenvalue weighted by Gasteiger charge is 2.27. The predicted octanol–water partition coefficient (Wildman–Crippen LogP) is 5.39. The van der Waals surface area contributed by atoms with Gasteiger partial charge in [-0.05, 0) is 41.5 Å². The van der Waals surface area contributed by atoms with Crippen molar-refractivity contribution in [3.63, 3.8) is 0 Å². The number of halogens is 1. The smallest absolute Gasteiger partial charge is 0.126 e. The number of nitrogens with one attached hydrogen (secondary N) is 1. The Bertz CT molecular complexity index is 1000. The van der Waals surface area contributed by atoms with Crippen LogP contribution in [0.3, 0.4) is 0 Å². The second-order valence-electron chi connectivity index (χ2n) is 6.74. The van der Waals surface area contributed by atoms with Crippen LogP contribution in [0.2, 0.25) is 0 Å². The van der Waals surface area contributed by atoms with Crippen molar-refractivity contribution in [2.24, 2.45) is 4.99 Å². The second kappa shape index (κ2) is 8.17. The molecule has 0 spiro atoms. The summed E-state index contributed by atoms with van der Waals surface area (Å²) in [5, 5.41) is 14.0. The van der Waals surface area contributed by atoms with Gasteiger partial charge in [-0.3, -0.25) is 10.3 Å². The van der Waals surface area contributed by atoms with Gasteiger partial charge in [0.05, 0.1) is 7.11 Å². The standard InChI is InChI=1S/C23H21BrN2O2/c1-28-18-6-4-5-16(13-18)20-14-21(19-7-2-3-8-22(19)27)26-23(25-20)15-9-11-17(24)12-10-15/h2-13,21,23,26-27H,14H2,1H3/t21-,23-/m0/s1. The van der Waals surface area contributed by atoms with E-state index >= 15 is 0 Å². The van der Waals surface area contributed by atoms with Crippen molar-refractivity contribution in [2.75, 3.05) is 7.11 Å². The van der Waals surface area contributed by atoms with Gasteiger partial charge >= 0.3 is 0 Å². The fourth-order valence-corrected chi connectivity index (χ4v) is 3.75. The first-order valence-corrected chi connectivity index (χ1v) is 9.94. The molecule has 28 heavy (non-hydrogen) atoms. The van der Waals surface area contributed by atoms with Gasteiger partial charge in [0, 0.05) is 28.2 Å². The summed E-state index contributed by atoms with van der Waals surface area (Å²) < 4.78 is 6.41. The lowest BCUT2D eigenvalue weighted by Crippen LogP contribution is -2.33. The van der Waals surface area contributed by atoms with Gasteiger partial charge in [-0.2, -0.15) is 0 Å². The average molecular weight is 437 g/mol. The molecule has 0 fully saturated rings. The van der Waals surface area contributed by atoms with E-state index in [1.165, 1.54) is 0 Å². The van der Waals surface area contributed by atoms with E-state index < -0.39 is 0 Å². The molecule has 0 radical (unpaired) electrons. The molecule has 0 bridgehead atoms. The summed E-state index contributed by atoms with van der Waals surface area (Å²) in [6.07, 6.45) is 0.477. The van der Waals surface area contributed by atoms with Gasteiger partial charge in [-0.25, -0.2) is 0 Å². The van der Waals surface area contributed by atoms with Crippen LogP contribution in [0.1, 0.15) is 35.3 Å². The Morgan fingerprint density at radius 2 is 1.82 bits per heavy atom. The molecular formula is C23H21BrN2O2. The maximum absolute atomic E-state index is 10.4. The molecule has 1 aliphatic heterocycles. The first kappa shape index (κ1) is 18.7. The molecule has 0 saturated heterocycles. The second-order valence-corrected chi connectivity index (χ2v) is 7.66. The average Bonchev–Trinajstić information content (AvgIpc) is 2.74. The van der Waals surface area contributed by atoms with E-state index in [1.807, 2.05) is 54.6 Å². The third kappa shape index (κ3) is 3.96. The third-order valence-corrected chi connectivity index (χ3v) is 5.47. The summed E-state index contributed by atoms with van der Waals surface area (Å²) in [7, 11) is 1.67. The van der Waals surface area contributed by atoms with E-state index in [0.717, 1.165) is 32.6 Å². The van der Waals surface area contributed by atoms with Crippen LogP contribution in [0.4, 0.5) is 0 Å². The highest BCUT2D eigenvalue weighted by molar-refractivity contribution is 9.10. The molecule has 3 aromatic carbocycles. The van der Waals surface area contributed by atoms with E-state index in [9.17, 15) is 5.11 Å². The third-order valence-electron chi connectivity index (χ3n) is 4.94. The van der Waals surface area contributed by atoms with Gasteiger partial charge in [0.2, 0.25) is 0 Å². The molecule has 142 valence electrons. The summed E-state index contributed by atoms with van der Waals surface area (Å²) in [6.45, 7) is 0. The van der Waals surface area contributed by atoms with Gasteiger partial charge in [0.1, 0.15) is 17.7 Å². The minimum Gasteiger partial charge on any atom is -0.508 e. The SMILES string of the molecule is COc1cccc(C2=N[C@H](c3ccc(Br)cc3)N[C@H](c3ccccc3O)C2)c1. The van der Waals surface area contributed by atoms with Crippen molar-refractivity contribution in [1.29, 1.82) is 0 Å². The molecule has 0 saturated carbocycles. The van der Waals surface area contributed by atoms with Crippen LogP contribution in [0.15, 0.2) is 82.3 Å². The van der Waals surface area contributed by atoms with Gasteiger partial charge in [-0.1, -0.05) is 58.4 Å². The lowest BCUT2D eigenvalue weighted by atomic mass is 9.93. The van der Waals surface area contributed by atoms with Crippen molar-refractivity contribution in [3.8, 4) is 11.5 Å². The molecule has 3 aromatic rings. The van der Waals surface area contributed by atoms with Crippen LogP contribution >= 0.6 is 15.9 Å². The van der Waals surface area contributed by atoms with Crippen LogP contribution in [-0.2, 0) is 0 Å².